The molecule has 0 aliphatic carbocycles. The summed E-state index contributed by atoms with van der Waals surface area (Å²) in [4.78, 5) is 12.4. The maximum Gasteiger partial charge on any atom is 0.251 e. The zero-order chi connectivity index (χ0) is 18.6. The number of nitrogens with zero attached hydrogens (tertiary/aromatic N) is 1. The Balaban J connectivity index is 2.09. The Labute approximate surface area is 153 Å². The normalized spacial score (nSPS) is 12.5. The lowest BCUT2D eigenvalue weighted by molar-refractivity contribution is 0.0940. The zero-order valence-electron chi connectivity index (χ0n) is 14.4. The van der Waals surface area contributed by atoms with E-state index in [-0.39, 0.29) is 17.7 Å². The van der Waals surface area contributed by atoms with Gasteiger partial charge < -0.3 is 5.32 Å². The van der Waals surface area contributed by atoms with E-state index in [0.29, 0.717) is 16.3 Å². The largest absolute Gasteiger partial charge is 0.346 e. The molecule has 1 N–H and O–H groups in total. The van der Waals surface area contributed by atoms with Crippen LogP contribution >= 0.6 is 11.6 Å². The number of carbonyl (C=O) groups excluding carboxylic acids is 1. The fourth-order valence-electron chi connectivity index (χ4n) is 2.29. The smallest absolute Gasteiger partial charge is 0.251 e. The molecule has 25 heavy (non-hydrogen) atoms. The minimum absolute atomic E-state index is 0.0182. The summed E-state index contributed by atoms with van der Waals surface area (Å²) in [6.45, 7) is 3.48. The van der Waals surface area contributed by atoms with Crippen LogP contribution in [0.4, 0.5) is 5.69 Å². The number of benzene rings is 2. The summed E-state index contributed by atoms with van der Waals surface area (Å²) in [5, 5.41) is 3.55. The molecule has 0 saturated carbocycles. The molecule has 0 saturated heterocycles. The van der Waals surface area contributed by atoms with E-state index >= 15 is 0 Å². The van der Waals surface area contributed by atoms with E-state index in [2.05, 4.69) is 5.32 Å². The molecular formula is C18H21ClN2O3S. The summed E-state index contributed by atoms with van der Waals surface area (Å²) >= 11 is 5.87. The van der Waals surface area contributed by atoms with Crippen LogP contribution in [0.1, 0.15) is 35.8 Å². The second kappa shape index (κ2) is 7.89. The summed E-state index contributed by atoms with van der Waals surface area (Å²) in [6, 6.07) is 13.6. The Hall–Kier alpha value is -2.05. The molecule has 1 atom stereocenters. The van der Waals surface area contributed by atoms with E-state index in [1.807, 2.05) is 19.1 Å². The number of rotatable bonds is 6. The summed E-state index contributed by atoms with van der Waals surface area (Å²) in [7, 11) is -1.82. The molecule has 0 bridgehead atoms. The van der Waals surface area contributed by atoms with Crippen LogP contribution in [0.3, 0.4) is 0 Å². The van der Waals surface area contributed by atoms with Crippen molar-refractivity contribution in [2.24, 2.45) is 0 Å². The Morgan fingerprint density at radius 3 is 2.20 bits per heavy atom. The molecule has 134 valence electrons. The zero-order valence-corrected chi connectivity index (χ0v) is 15.9. The maximum absolute atomic E-state index is 12.4. The topological polar surface area (TPSA) is 66.5 Å². The summed E-state index contributed by atoms with van der Waals surface area (Å²) in [5.74, 6) is -0.209. The van der Waals surface area contributed by atoms with Crippen molar-refractivity contribution in [3.05, 3.63) is 64.7 Å². The van der Waals surface area contributed by atoms with Gasteiger partial charge in [-0.3, -0.25) is 9.10 Å². The van der Waals surface area contributed by atoms with Gasteiger partial charge in [0.05, 0.1) is 17.5 Å². The third-order valence-corrected chi connectivity index (χ3v) is 6.02. The van der Waals surface area contributed by atoms with Crippen LogP contribution in [0, 0.1) is 0 Å². The van der Waals surface area contributed by atoms with Gasteiger partial charge in [0.2, 0.25) is 10.0 Å². The first-order valence-corrected chi connectivity index (χ1v) is 9.86. The van der Waals surface area contributed by atoms with Gasteiger partial charge in [0, 0.05) is 17.6 Å². The van der Waals surface area contributed by atoms with Gasteiger partial charge in [0.1, 0.15) is 0 Å². The van der Waals surface area contributed by atoms with E-state index in [9.17, 15) is 13.2 Å². The highest BCUT2D eigenvalue weighted by Crippen LogP contribution is 2.19. The van der Waals surface area contributed by atoms with Crippen LogP contribution in [0.5, 0.6) is 0 Å². The van der Waals surface area contributed by atoms with Crippen molar-refractivity contribution in [2.75, 3.05) is 17.1 Å². The second-order valence-electron chi connectivity index (χ2n) is 5.66. The molecule has 0 fully saturated rings. The van der Waals surface area contributed by atoms with Crippen LogP contribution in [0.2, 0.25) is 5.02 Å². The van der Waals surface area contributed by atoms with Crippen molar-refractivity contribution in [3.8, 4) is 0 Å². The number of anilines is 1. The van der Waals surface area contributed by atoms with Gasteiger partial charge in [-0.2, -0.15) is 0 Å². The lowest BCUT2D eigenvalue weighted by Crippen LogP contribution is -2.28. The molecule has 0 radical (unpaired) electrons. The Bertz CT molecular complexity index is 834. The third kappa shape index (κ3) is 4.74. The van der Waals surface area contributed by atoms with Gasteiger partial charge >= 0.3 is 0 Å². The summed E-state index contributed by atoms with van der Waals surface area (Å²) in [6.07, 6.45) is 0. The predicted octanol–water partition coefficient (Wildman–Crippen LogP) is 3.62. The molecule has 0 aliphatic heterocycles. The van der Waals surface area contributed by atoms with Crippen molar-refractivity contribution in [3.63, 3.8) is 0 Å². The molecule has 0 spiro atoms. The molecule has 2 aromatic carbocycles. The van der Waals surface area contributed by atoms with Gasteiger partial charge in [-0.25, -0.2) is 8.42 Å². The SMILES string of the molecule is CCS(=O)(=O)N(C)c1ccc(C(=O)NC(C)c2ccc(Cl)cc2)cc1. The first-order valence-electron chi connectivity index (χ1n) is 7.87. The molecule has 0 aliphatic rings. The number of hydrogen-bond acceptors (Lipinski definition) is 3. The monoisotopic (exact) mass is 380 g/mol. The van der Waals surface area contributed by atoms with E-state index in [1.54, 1.807) is 43.3 Å². The van der Waals surface area contributed by atoms with Crippen molar-refractivity contribution in [1.82, 2.24) is 5.32 Å². The van der Waals surface area contributed by atoms with Gasteiger partial charge in [-0.1, -0.05) is 23.7 Å². The van der Waals surface area contributed by atoms with Gasteiger partial charge in [-0.15, -0.1) is 0 Å². The first-order chi connectivity index (χ1) is 11.7. The highest BCUT2D eigenvalue weighted by atomic mass is 35.5. The van der Waals surface area contributed by atoms with Crippen LogP contribution < -0.4 is 9.62 Å². The van der Waals surface area contributed by atoms with Crippen LogP contribution in [0.25, 0.3) is 0 Å². The van der Waals surface area contributed by atoms with Gasteiger partial charge in [-0.05, 0) is 55.8 Å². The number of nitrogens with one attached hydrogen (secondary N) is 1. The number of sulfonamides is 1. The van der Waals surface area contributed by atoms with Crippen LogP contribution in [-0.2, 0) is 10.0 Å². The van der Waals surface area contributed by atoms with E-state index in [4.69, 9.17) is 11.6 Å². The molecule has 1 unspecified atom stereocenters. The molecule has 0 heterocycles. The second-order valence-corrected chi connectivity index (χ2v) is 8.39. The minimum atomic E-state index is -3.32. The average molecular weight is 381 g/mol. The molecular weight excluding hydrogens is 360 g/mol. The number of hydrogen-bond donors (Lipinski definition) is 1. The number of halogens is 1. The number of carbonyl (C=O) groups is 1. The molecule has 2 aromatic rings. The van der Waals surface area contributed by atoms with Crippen LogP contribution in [0.15, 0.2) is 48.5 Å². The van der Waals surface area contributed by atoms with E-state index in [0.717, 1.165) is 5.56 Å². The van der Waals surface area contributed by atoms with Crippen molar-refractivity contribution in [1.29, 1.82) is 0 Å². The molecule has 1 amide bonds. The van der Waals surface area contributed by atoms with E-state index in [1.165, 1.54) is 11.4 Å². The maximum atomic E-state index is 12.4. The lowest BCUT2D eigenvalue weighted by atomic mass is 10.1. The average Bonchev–Trinajstić information content (AvgIpc) is 2.61. The van der Waals surface area contributed by atoms with Gasteiger partial charge in [0.25, 0.3) is 5.91 Å². The van der Waals surface area contributed by atoms with Gasteiger partial charge in [0.15, 0.2) is 0 Å². The highest BCUT2D eigenvalue weighted by Gasteiger charge is 2.17. The molecule has 7 heteroatoms. The minimum Gasteiger partial charge on any atom is -0.346 e. The Morgan fingerprint density at radius 1 is 1.12 bits per heavy atom. The first kappa shape index (κ1) is 19.3. The lowest BCUT2D eigenvalue weighted by Gasteiger charge is -2.19. The predicted molar refractivity (Wildman–Crippen MR) is 102 cm³/mol. The molecule has 2 rings (SSSR count). The standard InChI is InChI=1S/C18H21ClN2O3S/c1-4-25(23,24)21(3)17-11-7-15(8-12-17)18(22)20-13(2)14-5-9-16(19)10-6-14/h5-13H,4H2,1-3H3,(H,20,22). The molecule has 5 nitrogen and oxygen atoms in total. The van der Waals surface area contributed by atoms with E-state index < -0.39 is 10.0 Å². The highest BCUT2D eigenvalue weighted by molar-refractivity contribution is 7.92. The fraction of sp³-hybridized carbons (Fsp3) is 0.278. The summed E-state index contributed by atoms with van der Waals surface area (Å²) < 4.78 is 25.0. The molecule has 0 aromatic heterocycles. The van der Waals surface area contributed by atoms with Crippen LogP contribution in [-0.4, -0.2) is 27.1 Å². The Morgan fingerprint density at radius 2 is 1.68 bits per heavy atom. The van der Waals surface area contributed by atoms with Crippen molar-refractivity contribution >= 4 is 33.2 Å². The fourth-order valence-corrected chi connectivity index (χ4v) is 3.25. The Kier molecular flexibility index (Phi) is 6.08. The third-order valence-electron chi connectivity index (χ3n) is 3.99. The van der Waals surface area contributed by atoms with Crippen molar-refractivity contribution in [2.45, 2.75) is 19.9 Å². The quantitative estimate of drug-likeness (QED) is 0.832. The summed E-state index contributed by atoms with van der Waals surface area (Å²) in [5.41, 5.74) is 1.93. The van der Waals surface area contributed by atoms with Crippen molar-refractivity contribution < 1.29 is 13.2 Å². The number of amides is 1.